The monoisotopic (exact) mass is 325 g/mol. The summed E-state index contributed by atoms with van der Waals surface area (Å²) in [5, 5.41) is 11.8. The first kappa shape index (κ1) is 18.9. The molecule has 1 rings (SSSR count). The lowest BCUT2D eigenvalue weighted by Gasteiger charge is -2.18. The van der Waals surface area contributed by atoms with Crippen LogP contribution in [0.4, 0.5) is 0 Å². The number of aliphatic hydroxyl groups excluding tert-OH is 1. The number of carbonyl (C=O) groups is 2. The molecule has 7 heteroatoms. The summed E-state index contributed by atoms with van der Waals surface area (Å²) in [4.78, 5) is 24.4. The summed E-state index contributed by atoms with van der Waals surface area (Å²) in [5.74, 6) is 0.0713. The normalized spacial score (nSPS) is 11.7. The largest absolute Gasteiger partial charge is 0.497 e. The predicted molar refractivity (Wildman–Crippen MR) is 84.0 cm³/mol. The second-order valence-electron chi connectivity index (χ2n) is 4.67. The van der Waals surface area contributed by atoms with Gasteiger partial charge < -0.3 is 24.6 Å². The lowest BCUT2D eigenvalue weighted by molar-refractivity contribution is -0.143. The van der Waals surface area contributed by atoms with Crippen molar-refractivity contribution in [1.82, 2.24) is 5.32 Å². The molecule has 0 amide bonds. The van der Waals surface area contributed by atoms with Gasteiger partial charge in [-0.15, -0.1) is 0 Å². The fraction of sp³-hybridized carbons (Fsp3) is 0.500. The molecule has 2 N–H and O–H groups in total. The number of hydrogen-bond donors (Lipinski definition) is 2. The smallest absolute Gasteiger partial charge is 0.307 e. The highest BCUT2D eigenvalue weighted by atomic mass is 16.5. The van der Waals surface area contributed by atoms with Crippen molar-refractivity contribution < 1.29 is 28.9 Å². The molecule has 0 heterocycles. The van der Waals surface area contributed by atoms with Crippen molar-refractivity contribution in [2.45, 2.75) is 19.4 Å². The quantitative estimate of drug-likeness (QED) is 0.485. The van der Waals surface area contributed by atoms with Crippen LogP contribution in [0.5, 0.6) is 11.5 Å². The number of ether oxygens (including phenoxy) is 3. The highest BCUT2D eigenvalue weighted by Crippen LogP contribution is 2.25. The van der Waals surface area contributed by atoms with E-state index < -0.39 is 12.0 Å². The van der Waals surface area contributed by atoms with Gasteiger partial charge in [0.15, 0.2) is 5.78 Å². The number of esters is 1. The predicted octanol–water partition coefficient (Wildman–Crippen LogP) is 0.790. The molecule has 0 spiro atoms. The zero-order chi connectivity index (χ0) is 17.2. The summed E-state index contributed by atoms with van der Waals surface area (Å²) in [6.07, 6.45) is -0.132. The van der Waals surface area contributed by atoms with Crippen molar-refractivity contribution in [3.63, 3.8) is 0 Å². The van der Waals surface area contributed by atoms with Gasteiger partial charge >= 0.3 is 5.97 Å². The van der Waals surface area contributed by atoms with Crippen LogP contribution in [0.3, 0.4) is 0 Å². The Hall–Kier alpha value is -2.12. The molecule has 0 saturated carbocycles. The average molecular weight is 325 g/mol. The van der Waals surface area contributed by atoms with Gasteiger partial charge in [-0.05, 0) is 25.1 Å². The Morgan fingerprint density at radius 2 is 2.00 bits per heavy atom. The van der Waals surface area contributed by atoms with Gasteiger partial charge in [-0.3, -0.25) is 9.59 Å². The molecule has 0 bridgehead atoms. The topological polar surface area (TPSA) is 94.1 Å². The fourth-order valence-corrected chi connectivity index (χ4v) is 2.08. The van der Waals surface area contributed by atoms with Gasteiger partial charge in [0.2, 0.25) is 0 Å². The second kappa shape index (κ2) is 9.81. The van der Waals surface area contributed by atoms with E-state index in [1.165, 1.54) is 14.2 Å². The number of methoxy groups -OCH3 is 2. The van der Waals surface area contributed by atoms with E-state index in [-0.39, 0.29) is 32.0 Å². The molecular weight excluding hydrogens is 302 g/mol. The molecule has 0 radical (unpaired) electrons. The van der Waals surface area contributed by atoms with Crippen molar-refractivity contribution in [1.29, 1.82) is 0 Å². The van der Waals surface area contributed by atoms with E-state index in [1.54, 1.807) is 25.1 Å². The number of rotatable bonds is 10. The van der Waals surface area contributed by atoms with Crippen LogP contribution < -0.4 is 14.8 Å². The minimum absolute atomic E-state index is 0.132. The van der Waals surface area contributed by atoms with E-state index in [0.29, 0.717) is 17.1 Å². The van der Waals surface area contributed by atoms with E-state index in [0.717, 1.165) is 0 Å². The minimum atomic E-state index is -0.817. The number of hydrogen-bond acceptors (Lipinski definition) is 7. The third-order valence-corrected chi connectivity index (χ3v) is 3.17. The van der Waals surface area contributed by atoms with Gasteiger partial charge in [-0.2, -0.15) is 0 Å². The van der Waals surface area contributed by atoms with Gasteiger partial charge in [0, 0.05) is 6.54 Å². The Bertz CT molecular complexity index is 531. The van der Waals surface area contributed by atoms with E-state index >= 15 is 0 Å². The van der Waals surface area contributed by atoms with Gasteiger partial charge in [-0.1, -0.05) is 0 Å². The molecule has 0 saturated heterocycles. The zero-order valence-electron chi connectivity index (χ0n) is 13.6. The third kappa shape index (κ3) is 5.54. The molecule has 0 aliphatic rings. The molecule has 23 heavy (non-hydrogen) atoms. The minimum Gasteiger partial charge on any atom is -0.497 e. The summed E-state index contributed by atoms with van der Waals surface area (Å²) in [6.45, 7) is 1.97. The van der Waals surface area contributed by atoms with Crippen LogP contribution in [-0.4, -0.2) is 56.9 Å². The molecule has 7 nitrogen and oxygen atoms in total. The third-order valence-electron chi connectivity index (χ3n) is 3.17. The summed E-state index contributed by atoms with van der Waals surface area (Å²) in [5.41, 5.74) is 0.298. The summed E-state index contributed by atoms with van der Waals surface area (Å²) in [7, 11) is 2.95. The number of ketones is 1. The van der Waals surface area contributed by atoms with Crippen LogP contribution in [0.1, 0.15) is 23.7 Å². The van der Waals surface area contributed by atoms with Crippen LogP contribution >= 0.6 is 0 Å². The fourth-order valence-electron chi connectivity index (χ4n) is 2.08. The molecule has 0 aromatic heterocycles. The van der Waals surface area contributed by atoms with Crippen LogP contribution in [0.15, 0.2) is 18.2 Å². The van der Waals surface area contributed by atoms with Crippen molar-refractivity contribution in [3.8, 4) is 11.5 Å². The zero-order valence-corrected chi connectivity index (χ0v) is 13.6. The van der Waals surface area contributed by atoms with Crippen LogP contribution in [0.25, 0.3) is 0 Å². The molecule has 1 aromatic carbocycles. The Morgan fingerprint density at radius 3 is 2.57 bits per heavy atom. The Labute approximate surface area is 135 Å². The number of Topliss-reactive ketones (excluding diaryl/α,β-unsaturated/α-hetero) is 1. The number of aliphatic hydroxyl groups is 1. The second-order valence-corrected chi connectivity index (χ2v) is 4.67. The molecule has 1 unspecified atom stereocenters. The molecule has 1 aromatic rings. The highest BCUT2D eigenvalue weighted by Gasteiger charge is 2.26. The van der Waals surface area contributed by atoms with E-state index in [9.17, 15) is 9.59 Å². The summed E-state index contributed by atoms with van der Waals surface area (Å²) >= 11 is 0. The van der Waals surface area contributed by atoms with E-state index in [2.05, 4.69) is 5.32 Å². The lowest BCUT2D eigenvalue weighted by Crippen LogP contribution is -2.40. The van der Waals surface area contributed by atoms with Crippen molar-refractivity contribution in [2.75, 3.05) is 34.0 Å². The number of benzene rings is 1. The van der Waals surface area contributed by atoms with Gasteiger partial charge in [-0.25, -0.2) is 0 Å². The van der Waals surface area contributed by atoms with Crippen molar-refractivity contribution in [3.05, 3.63) is 23.8 Å². The number of carbonyl (C=O) groups excluding carboxylic acids is 2. The van der Waals surface area contributed by atoms with Gasteiger partial charge in [0.1, 0.15) is 11.5 Å². The maximum absolute atomic E-state index is 12.8. The van der Waals surface area contributed by atoms with E-state index in [4.69, 9.17) is 19.3 Å². The first-order valence-corrected chi connectivity index (χ1v) is 7.33. The molecule has 128 valence electrons. The standard InChI is InChI=1S/C16H23NO6/c1-4-23-15(19)10-13(17-7-8-18)16(20)12-9-11(21-2)5-6-14(12)22-3/h5-6,9,13,17-18H,4,7-8,10H2,1-3H3. The van der Waals surface area contributed by atoms with E-state index in [1.807, 2.05) is 0 Å². The van der Waals surface area contributed by atoms with Crippen LogP contribution in [0.2, 0.25) is 0 Å². The molecule has 0 aliphatic carbocycles. The SMILES string of the molecule is CCOC(=O)CC(NCCO)C(=O)c1cc(OC)ccc1OC. The molecule has 0 aliphatic heterocycles. The lowest BCUT2D eigenvalue weighted by atomic mass is 10.00. The van der Waals surface area contributed by atoms with Crippen molar-refractivity contribution in [2.24, 2.45) is 0 Å². The Morgan fingerprint density at radius 1 is 1.26 bits per heavy atom. The average Bonchev–Trinajstić information content (AvgIpc) is 2.57. The highest BCUT2D eigenvalue weighted by molar-refractivity contribution is 6.04. The summed E-state index contributed by atoms with van der Waals surface area (Å²) < 4.78 is 15.2. The first-order chi connectivity index (χ1) is 11.1. The molecule has 0 fully saturated rings. The van der Waals surface area contributed by atoms with Crippen LogP contribution in [0, 0.1) is 0 Å². The van der Waals surface area contributed by atoms with Crippen LogP contribution in [-0.2, 0) is 9.53 Å². The maximum atomic E-state index is 12.8. The van der Waals surface area contributed by atoms with Gasteiger partial charge in [0.05, 0.1) is 45.5 Å². The Balaban J connectivity index is 3.04. The summed E-state index contributed by atoms with van der Waals surface area (Å²) in [6, 6.07) is 4.04. The number of nitrogens with one attached hydrogen (secondary N) is 1. The first-order valence-electron chi connectivity index (χ1n) is 7.33. The molecular formula is C16H23NO6. The maximum Gasteiger partial charge on any atom is 0.307 e. The molecule has 1 atom stereocenters. The Kier molecular flexibility index (Phi) is 8.07. The van der Waals surface area contributed by atoms with Crippen molar-refractivity contribution >= 4 is 11.8 Å². The van der Waals surface area contributed by atoms with Gasteiger partial charge in [0.25, 0.3) is 0 Å².